The Kier molecular flexibility index (Phi) is 2.74. The predicted octanol–water partition coefficient (Wildman–Crippen LogP) is 4.83. The van der Waals surface area contributed by atoms with E-state index in [1.165, 1.54) is 6.07 Å². The number of aryl methyl sites for hydroxylation is 3. The predicted molar refractivity (Wildman–Crippen MR) is 89.8 cm³/mol. The van der Waals surface area contributed by atoms with Crippen LogP contribution >= 0.6 is 0 Å². The lowest BCUT2D eigenvalue weighted by Crippen LogP contribution is -2.30. The van der Waals surface area contributed by atoms with E-state index in [2.05, 4.69) is 19.1 Å². The van der Waals surface area contributed by atoms with E-state index < -0.39 is 5.82 Å². The highest BCUT2D eigenvalue weighted by Crippen LogP contribution is 2.37. The minimum Gasteiger partial charge on any atom is -0.455 e. The lowest BCUT2D eigenvalue weighted by atomic mass is 10.00. The van der Waals surface area contributed by atoms with Crippen molar-refractivity contribution >= 4 is 21.9 Å². The molecule has 4 aromatic rings. The number of nitrogens with zero attached hydrogens (tertiary/aromatic N) is 1. The van der Waals surface area contributed by atoms with Gasteiger partial charge in [0.25, 0.3) is 0 Å². The topological polar surface area (TPSA) is 17.0 Å². The summed E-state index contributed by atoms with van der Waals surface area (Å²) in [5.74, 6) is -0.569. The highest BCUT2D eigenvalue weighted by Gasteiger charge is 2.20. The van der Waals surface area contributed by atoms with Gasteiger partial charge in [0, 0.05) is 28.9 Å². The highest BCUT2D eigenvalue weighted by molar-refractivity contribution is 6.09. The number of hydrogen-bond donors (Lipinski definition) is 0. The number of aromatic nitrogens is 1. The van der Waals surface area contributed by atoms with Crippen molar-refractivity contribution in [3.8, 4) is 11.3 Å². The SMILES string of the molecule is [2H]c1c(F)ccc2c1oc1c(-c3cc(C)cc[n+]3C)c(C)ccc12. The Morgan fingerprint density at radius 1 is 1.09 bits per heavy atom. The Morgan fingerprint density at radius 3 is 2.70 bits per heavy atom. The maximum Gasteiger partial charge on any atom is 0.216 e. The van der Waals surface area contributed by atoms with Gasteiger partial charge < -0.3 is 4.42 Å². The quantitative estimate of drug-likeness (QED) is 0.460. The summed E-state index contributed by atoms with van der Waals surface area (Å²) in [5.41, 5.74) is 5.24. The van der Waals surface area contributed by atoms with Gasteiger partial charge in [0.15, 0.2) is 6.20 Å². The van der Waals surface area contributed by atoms with Crippen LogP contribution in [0.25, 0.3) is 33.2 Å². The zero-order valence-corrected chi connectivity index (χ0v) is 13.3. The van der Waals surface area contributed by atoms with Crippen LogP contribution in [0.3, 0.4) is 0 Å². The van der Waals surface area contributed by atoms with E-state index in [9.17, 15) is 4.39 Å². The molecule has 0 aliphatic carbocycles. The number of furan rings is 1. The summed E-state index contributed by atoms with van der Waals surface area (Å²) in [4.78, 5) is 0. The summed E-state index contributed by atoms with van der Waals surface area (Å²) >= 11 is 0. The van der Waals surface area contributed by atoms with Gasteiger partial charge in [-0.3, -0.25) is 0 Å². The number of fused-ring (bicyclic) bond motifs is 3. The normalized spacial score (nSPS) is 12.1. The molecule has 0 bridgehead atoms. The van der Waals surface area contributed by atoms with E-state index in [1.807, 2.05) is 36.9 Å². The average molecular weight is 307 g/mol. The lowest BCUT2D eigenvalue weighted by Gasteiger charge is -2.06. The highest BCUT2D eigenvalue weighted by atomic mass is 19.1. The Balaban J connectivity index is 2.18. The van der Waals surface area contributed by atoms with Crippen LogP contribution in [0.1, 0.15) is 12.5 Å². The minimum atomic E-state index is -0.569. The molecule has 0 unspecified atom stereocenters. The molecule has 0 atom stereocenters. The fraction of sp³-hybridized carbons (Fsp3) is 0.150. The monoisotopic (exact) mass is 307 g/mol. The maximum atomic E-state index is 13.7. The van der Waals surface area contributed by atoms with Gasteiger partial charge in [-0.25, -0.2) is 8.96 Å². The summed E-state index contributed by atoms with van der Waals surface area (Å²) in [5, 5.41) is 1.67. The van der Waals surface area contributed by atoms with Crippen molar-refractivity contribution in [3.63, 3.8) is 0 Å². The third kappa shape index (κ3) is 2.12. The van der Waals surface area contributed by atoms with Crippen molar-refractivity contribution in [1.82, 2.24) is 0 Å². The molecule has 23 heavy (non-hydrogen) atoms. The van der Waals surface area contributed by atoms with Crippen LogP contribution < -0.4 is 4.57 Å². The number of halogens is 1. The van der Waals surface area contributed by atoms with E-state index in [-0.39, 0.29) is 6.04 Å². The molecule has 4 rings (SSSR count). The smallest absolute Gasteiger partial charge is 0.216 e. The zero-order valence-electron chi connectivity index (χ0n) is 14.3. The van der Waals surface area contributed by atoms with Crippen LogP contribution in [0.2, 0.25) is 0 Å². The van der Waals surface area contributed by atoms with Crippen molar-refractivity contribution in [2.24, 2.45) is 7.05 Å². The van der Waals surface area contributed by atoms with Gasteiger partial charge in [0.1, 0.15) is 24.0 Å². The molecule has 2 aromatic heterocycles. The largest absolute Gasteiger partial charge is 0.455 e. The first-order valence-corrected chi connectivity index (χ1v) is 7.55. The second-order valence-electron chi connectivity index (χ2n) is 5.99. The standard InChI is InChI=1S/C20H17FNO/c1-12-8-9-22(3)17(10-12)19-13(2)4-6-16-15-7-5-14(21)11-18(15)23-20(16)19/h4-11H,1-3H3/q+1/i11D. The van der Waals surface area contributed by atoms with Gasteiger partial charge in [0.2, 0.25) is 5.69 Å². The van der Waals surface area contributed by atoms with Crippen molar-refractivity contribution in [3.05, 3.63) is 65.6 Å². The summed E-state index contributed by atoms with van der Waals surface area (Å²) in [6.45, 7) is 4.08. The van der Waals surface area contributed by atoms with Crippen LogP contribution in [-0.2, 0) is 7.05 Å². The summed E-state index contributed by atoms with van der Waals surface area (Å²) in [7, 11) is 1.99. The molecule has 0 amide bonds. The van der Waals surface area contributed by atoms with Crippen molar-refractivity contribution in [2.75, 3.05) is 0 Å². The van der Waals surface area contributed by atoms with E-state index in [4.69, 9.17) is 5.79 Å². The van der Waals surface area contributed by atoms with Gasteiger partial charge in [-0.15, -0.1) is 0 Å². The van der Waals surface area contributed by atoms with Crippen LogP contribution in [0.15, 0.2) is 53.1 Å². The molecule has 0 fully saturated rings. The summed E-state index contributed by atoms with van der Waals surface area (Å²) in [6.07, 6.45) is 2.02. The van der Waals surface area contributed by atoms with Crippen LogP contribution in [0, 0.1) is 19.7 Å². The van der Waals surface area contributed by atoms with Gasteiger partial charge in [-0.1, -0.05) is 12.1 Å². The molecular formula is C20H17FNO+. The molecule has 3 heteroatoms. The molecule has 0 spiro atoms. The Hall–Kier alpha value is -2.68. The van der Waals surface area contributed by atoms with Gasteiger partial charge in [-0.2, -0.15) is 0 Å². The third-order valence-electron chi connectivity index (χ3n) is 4.30. The Bertz CT molecular complexity index is 1110. The average Bonchev–Trinajstić information content (AvgIpc) is 2.93. The molecule has 2 nitrogen and oxygen atoms in total. The molecule has 0 saturated heterocycles. The number of hydrogen-bond acceptors (Lipinski definition) is 1. The first-order valence-electron chi connectivity index (χ1n) is 8.05. The molecule has 2 aromatic carbocycles. The number of benzene rings is 2. The summed E-state index contributed by atoms with van der Waals surface area (Å²) < 4.78 is 29.7. The molecular weight excluding hydrogens is 289 g/mol. The fourth-order valence-corrected chi connectivity index (χ4v) is 3.09. The molecule has 0 aliphatic heterocycles. The van der Waals surface area contributed by atoms with Crippen LogP contribution in [-0.4, -0.2) is 0 Å². The minimum absolute atomic E-state index is 0.194. The van der Waals surface area contributed by atoms with Crippen molar-refractivity contribution in [1.29, 1.82) is 0 Å². The Labute approximate surface area is 135 Å². The van der Waals surface area contributed by atoms with Gasteiger partial charge in [-0.05, 0) is 37.1 Å². The lowest BCUT2D eigenvalue weighted by molar-refractivity contribution is -0.660. The van der Waals surface area contributed by atoms with E-state index in [0.29, 0.717) is 11.2 Å². The van der Waals surface area contributed by atoms with E-state index in [1.54, 1.807) is 6.07 Å². The molecule has 0 aliphatic rings. The fourth-order valence-electron chi connectivity index (χ4n) is 3.09. The molecule has 0 radical (unpaired) electrons. The second-order valence-corrected chi connectivity index (χ2v) is 5.99. The van der Waals surface area contributed by atoms with Crippen molar-refractivity contribution in [2.45, 2.75) is 13.8 Å². The maximum absolute atomic E-state index is 13.7. The first-order chi connectivity index (χ1) is 11.5. The van der Waals surface area contributed by atoms with E-state index >= 15 is 0 Å². The van der Waals surface area contributed by atoms with Crippen molar-refractivity contribution < 1.29 is 14.7 Å². The van der Waals surface area contributed by atoms with Gasteiger partial charge in [0.05, 0.1) is 6.93 Å². The second kappa shape index (κ2) is 4.92. The first kappa shape index (κ1) is 12.8. The molecule has 114 valence electrons. The van der Waals surface area contributed by atoms with Gasteiger partial charge >= 0.3 is 0 Å². The molecule has 0 saturated carbocycles. The zero-order chi connectivity index (χ0) is 17.0. The van der Waals surface area contributed by atoms with E-state index in [0.717, 1.165) is 33.2 Å². The Morgan fingerprint density at radius 2 is 1.87 bits per heavy atom. The third-order valence-corrected chi connectivity index (χ3v) is 4.30. The molecule has 2 heterocycles. The number of rotatable bonds is 1. The van der Waals surface area contributed by atoms with Crippen LogP contribution in [0.4, 0.5) is 4.39 Å². The van der Waals surface area contributed by atoms with Crippen LogP contribution in [0.5, 0.6) is 0 Å². The molecule has 0 N–H and O–H groups in total. The summed E-state index contributed by atoms with van der Waals surface area (Å²) in [6, 6.07) is 11.0. The number of pyridine rings is 1.